The van der Waals surface area contributed by atoms with E-state index in [1.165, 1.54) is 4.31 Å². The molecule has 1 aliphatic carbocycles. The number of sulfonamides is 1. The van der Waals surface area contributed by atoms with Gasteiger partial charge in [0.05, 0.1) is 0 Å². The molecule has 0 atom stereocenters. The van der Waals surface area contributed by atoms with Crippen LogP contribution in [0.5, 0.6) is 0 Å². The average molecular weight is 231 g/mol. The molecule has 2 fully saturated rings. The summed E-state index contributed by atoms with van der Waals surface area (Å²) in [4.78, 5) is 11.1. The summed E-state index contributed by atoms with van der Waals surface area (Å²) in [7, 11) is -3.38. The van der Waals surface area contributed by atoms with Crippen LogP contribution in [0.2, 0.25) is 0 Å². The zero-order valence-corrected chi connectivity index (χ0v) is 9.63. The molecule has 86 valence electrons. The van der Waals surface area contributed by atoms with E-state index in [2.05, 4.69) is 0 Å². The molecule has 0 aromatic rings. The Morgan fingerprint density at radius 3 is 2.00 bits per heavy atom. The van der Waals surface area contributed by atoms with Crippen LogP contribution in [-0.4, -0.2) is 36.8 Å². The maximum absolute atomic E-state index is 12.3. The summed E-state index contributed by atoms with van der Waals surface area (Å²) in [5.74, 6) is 0. The highest BCUT2D eigenvalue weighted by Crippen LogP contribution is 2.37. The van der Waals surface area contributed by atoms with Crippen LogP contribution in [0.3, 0.4) is 0 Å². The maximum Gasteiger partial charge on any atom is 0.226 e. The predicted octanol–water partition coefficient (Wildman–Crippen LogP) is 0.924. The first-order valence-corrected chi connectivity index (χ1v) is 7.02. The van der Waals surface area contributed by atoms with E-state index >= 15 is 0 Å². The van der Waals surface area contributed by atoms with Crippen molar-refractivity contribution < 1.29 is 13.2 Å². The standard InChI is InChI=1S/C10H17NO3S/c12-9-10(5-1-2-6-10)15(13,14)11-7-3-4-8-11/h9H,1-8H2. The van der Waals surface area contributed by atoms with Crippen molar-refractivity contribution in [1.29, 1.82) is 0 Å². The van der Waals surface area contributed by atoms with Gasteiger partial charge in [0.1, 0.15) is 11.0 Å². The molecule has 0 radical (unpaired) electrons. The van der Waals surface area contributed by atoms with Crippen LogP contribution in [0, 0.1) is 0 Å². The van der Waals surface area contributed by atoms with Gasteiger partial charge in [-0.05, 0) is 25.7 Å². The van der Waals surface area contributed by atoms with Crippen LogP contribution in [-0.2, 0) is 14.8 Å². The molecule has 1 heterocycles. The minimum atomic E-state index is -3.38. The fourth-order valence-corrected chi connectivity index (χ4v) is 4.77. The van der Waals surface area contributed by atoms with Gasteiger partial charge in [-0.15, -0.1) is 0 Å². The lowest BCUT2D eigenvalue weighted by molar-refractivity contribution is -0.109. The Morgan fingerprint density at radius 1 is 1.00 bits per heavy atom. The smallest absolute Gasteiger partial charge is 0.226 e. The molecule has 1 aliphatic heterocycles. The first kappa shape index (κ1) is 11.1. The highest BCUT2D eigenvalue weighted by molar-refractivity contribution is 7.91. The zero-order chi connectivity index (χ0) is 10.9. The normalized spacial score (nSPS) is 26.9. The second-order valence-corrected chi connectivity index (χ2v) is 6.78. The lowest BCUT2D eigenvalue weighted by Crippen LogP contribution is -2.46. The monoisotopic (exact) mass is 231 g/mol. The molecule has 0 unspecified atom stereocenters. The van der Waals surface area contributed by atoms with E-state index < -0.39 is 14.8 Å². The van der Waals surface area contributed by atoms with E-state index in [9.17, 15) is 13.2 Å². The lowest BCUT2D eigenvalue weighted by Gasteiger charge is -2.28. The van der Waals surface area contributed by atoms with Crippen LogP contribution in [0.1, 0.15) is 38.5 Å². The van der Waals surface area contributed by atoms with E-state index in [-0.39, 0.29) is 0 Å². The van der Waals surface area contributed by atoms with Gasteiger partial charge in [0, 0.05) is 13.1 Å². The Balaban J connectivity index is 2.30. The first-order chi connectivity index (χ1) is 7.12. The number of hydrogen-bond acceptors (Lipinski definition) is 3. The molecule has 0 amide bonds. The fourth-order valence-electron chi connectivity index (χ4n) is 2.60. The van der Waals surface area contributed by atoms with Crippen molar-refractivity contribution in [2.75, 3.05) is 13.1 Å². The van der Waals surface area contributed by atoms with Gasteiger partial charge in [0.15, 0.2) is 0 Å². The Bertz CT molecular complexity index is 338. The average Bonchev–Trinajstić information content (AvgIpc) is 2.90. The van der Waals surface area contributed by atoms with Gasteiger partial charge >= 0.3 is 0 Å². The predicted molar refractivity (Wildman–Crippen MR) is 57.0 cm³/mol. The quantitative estimate of drug-likeness (QED) is 0.679. The molecule has 1 saturated carbocycles. The summed E-state index contributed by atoms with van der Waals surface area (Å²) < 4.78 is 25.0. The molecule has 2 rings (SSSR count). The second-order valence-electron chi connectivity index (χ2n) is 4.50. The number of hydrogen-bond donors (Lipinski definition) is 0. The molecule has 0 N–H and O–H groups in total. The van der Waals surface area contributed by atoms with Crippen molar-refractivity contribution in [2.24, 2.45) is 0 Å². The van der Waals surface area contributed by atoms with Crippen molar-refractivity contribution >= 4 is 16.3 Å². The van der Waals surface area contributed by atoms with E-state index in [4.69, 9.17) is 0 Å². The van der Waals surface area contributed by atoms with E-state index in [1.54, 1.807) is 0 Å². The SMILES string of the molecule is O=CC1(S(=O)(=O)N2CCCC2)CCCC1. The van der Waals surface area contributed by atoms with Crippen LogP contribution in [0.15, 0.2) is 0 Å². The molecule has 4 nitrogen and oxygen atoms in total. The molecular weight excluding hydrogens is 214 g/mol. The molecule has 1 saturated heterocycles. The minimum Gasteiger partial charge on any atom is -0.302 e. The molecular formula is C10H17NO3S. The number of nitrogens with zero attached hydrogens (tertiary/aromatic N) is 1. The van der Waals surface area contributed by atoms with Crippen LogP contribution < -0.4 is 0 Å². The highest BCUT2D eigenvalue weighted by Gasteiger charge is 2.49. The van der Waals surface area contributed by atoms with E-state index in [1.807, 2.05) is 0 Å². The number of aldehydes is 1. The van der Waals surface area contributed by atoms with E-state index in [0.29, 0.717) is 32.2 Å². The number of carbonyl (C=O) groups is 1. The number of carbonyl (C=O) groups excluding carboxylic acids is 1. The Hall–Kier alpha value is -0.420. The molecule has 0 aromatic carbocycles. The van der Waals surface area contributed by atoms with Gasteiger partial charge in [-0.1, -0.05) is 12.8 Å². The van der Waals surface area contributed by atoms with Gasteiger partial charge in [-0.2, -0.15) is 0 Å². The highest BCUT2D eigenvalue weighted by atomic mass is 32.2. The van der Waals surface area contributed by atoms with Crippen LogP contribution >= 0.6 is 0 Å². The maximum atomic E-state index is 12.3. The summed E-state index contributed by atoms with van der Waals surface area (Å²) in [5, 5.41) is 0. The Labute approximate surface area is 90.7 Å². The third-order valence-corrected chi connectivity index (χ3v) is 6.16. The van der Waals surface area contributed by atoms with Crippen molar-refractivity contribution in [3.05, 3.63) is 0 Å². The molecule has 2 aliphatic rings. The van der Waals surface area contributed by atoms with Crippen molar-refractivity contribution in [1.82, 2.24) is 4.31 Å². The molecule has 0 spiro atoms. The summed E-state index contributed by atoms with van der Waals surface area (Å²) >= 11 is 0. The topological polar surface area (TPSA) is 54.5 Å². The molecule has 15 heavy (non-hydrogen) atoms. The molecule has 0 bridgehead atoms. The lowest BCUT2D eigenvalue weighted by atomic mass is 10.1. The van der Waals surface area contributed by atoms with Gasteiger partial charge in [0.25, 0.3) is 0 Å². The summed E-state index contributed by atoms with van der Waals surface area (Å²) in [6, 6.07) is 0. The largest absolute Gasteiger partial charge is 0.302 e. The van der Waals surface area contributed by atoms with Crippen LogP contribution in [0.4, 0.5) is 0 Å². The minimum absolute atomic E-state index is 0.509. The summed E-state index contributed by atoms with van der Waals surface area (Å²) in [5.41, 5.74) is 0. The van der Waals surface area contributed by atoms with Crippen LogP contribution in [0.25, 0.3) is 0 Å². The van der Waals surface area contributed by atoms with Gasteiger partial charge in [-0.25, -0.2) is 12.7 Å². The first-order valence-electron chi connectivity index (χ1n) is 5.58. The summed E-state index contributed by atoms with van der Waals surface area (Å²) in [6.45, 7) is 1.19. The van der Waals surface area contributed by atoms with Crippen molar-refractivity contribution in [3.63, 3.8) is 0 Å². The fraction of sp³-hybridized carbons (Fsp3) is 0.900. The third-order valence-electron chi connectivity index (χ3n) is 3.58. The summed E-state index contributed by atoms with van der Waals surface area (Å²) in [6.07, 6.45) is 5.25. The molecule has 0 aromatic heterocycles. The van der Waals surface area contributed by atoms with Crippen molar-refractivity contribution in [3.8, 4) is 0 Å². The second kappa shape index (κ2) is 3.87. The van der Waals surface area contributed by atoms with Gasteiger partial charge in [-0.3, -0.25) is 0 Å². The van der Waals surface area contributed by atoms with Gasteiger partial charge < -0.3 is 4.79 Å². The van der Waals surface area contributed by atoms with Gasteiger partial charge in [0.2, 0.25) is 10.0 Å². The van der Waals surface area contributed by atoms with E-state index in [0.717, 1.165) is 25.7 Å². The Kier molecular flexibility index (Phi) is 2.85. The Morgan fingerprint density at radius 2 is 1.53 bits per heavy atom. The zero-order valence-electron chi connectivity index (χ0n) is 8.81. The molecule has 5 heteroatoms. The third kappa shape index (κ3) is 1.61. The number of rotatable bonds is 3. The van der Waals surface area contributed by atoms with Crippen molar-refractivity contribution in [2.45, 2.75) is 43.3 Å².